The van der Waals surface area contributed by atoms with E-state index >= 15 is 0 Å². The molecular weight excluding hydrogens is 268 g/mol. The number of carboxylic acid groups (broad SMARTS) is 2. The first-order chi connectivity index (χ1) is 6.68. The lowest BCUT2D eigenvalue weighted by Gasteiger charge is -2.65. The van der Waals surface area contributed by atoms with Gasteiger partial charge in [0.1, 0.15) is 0 Å². The second-order valence-electron chi connectivity index (χ2n) is 5.18. The zero-order valence-electron chi connectivity index (χ0n) is 10.1. The molecule has 98 valence electrons. The Kier molecular flexibility index (Phi) is 3.74. The van der Waals surface area contributed by atoms with Crippen LogP contribution in [0.2, 0.25) is 0 Å². The van der Waals surface area contributed by atoms with Crippen molar-refractivity contribution in [2.75, 3.05) is 6.26 Å². The third kappa shape index (κ3) is 1.82. The summed E-state index contributed by atoms with van der Waals surface area (Å²) in [5, 5.41) is 18.5. The molecule has 0 unspecified atom stereocenters. The fourth-order valence-corrected chi connectivity index (χ4v) is 4.50. The Bertz CT molecular complexity index is 308. The van der Waals surface area contributed by atoms with Crippen LogP contribution in [-0.2, 0) is 9.59 Å². The molecule has 0 bridgehead atoms. The first kappa shape index (κ1) is 16.0. The predicted octanol–water partition coefficient (Wildman–Crippen LogP) is 2.10. The molecule has 0 radical (unpaired) electrons. The van der Waals surface area contributed by atoms with Crippen molar-refractivity contribution in [1.82, 2.24) is 0 Å². The number of aliphatic carboxylic acids is 2. The van der Waals surface area contributed by atoms with Crippen LogP contribution in [0.4, 0.5) is 0 Å². The van der Waals surface area contributed by atoms with Gasteiger partial charge in [0.05, 0.1) is 9.49 Å². The van der Waals surface area contributed by atoms with E-state index in [2.05, 4.69) is 23.3 Å². The van der Waals surface area contributed by atoms with Gasteiger partial charge < -0.3 is 10.2 Å². The molecule has 0 saturated carbocycles. The van der Waals surface area contributed by atoms with Crippen LogP contribution in [0.3, 0.4) is 0 Å². The quantitative estimate of drug-likeness (QED) is 0.406. The van der Waals surface area contributed by atoms with Gasteiger partial charge in [-0.05, 0) is 34.0 Å². The second-order valence-corrected chi connectivity index (χ2v) is 17.3. The van der Waals surface area contributed by atoms with E-state index in [1.165, 1.54) is 27.7 Å². The molecule has 0 atom stereocenters. The summed E-state index contributed by atoms with van der Waals surface area (Å²) in [5.41, 5.74) is 0. The first-order valence-corrected chi connectivity index (χ1v) is 9.64. The smallest absolute Gasteiger partial charge is 0.317 e. The first-order valence-electron chi connectivity index (χ1n) is 4.65. The Labute approximate surface area is 106 Å². The topological polar surface area (TPSA) is 74.6 Å². The van der Waals surface area contributed by atoms with Gasteiger partial charge in [-0.15, -0.1) is 23.3 Å². The standard InChI is InChI=1S/C9H20O4S3/c1-8(2,6(10)11)16(5,14,15)9(3,4)7(12)13/h14-16H,1-5H3,(H,10,11)(H,12,13). The van der Waals surface area contributed by atoms with Crippen LogP contribution < -0.4 is 0 Å². The molecule has 0 aliphatic rings. The fraction of sp³-hybridized carbons (Fsp3) is 0.778. The maximum absolute atomic E-state index is 11.3. The summed E-state index contributed by atoms with van der Waals surface area (Å²) in [6.45, 7) is 5.88. The number of hydrogen-bond acceptors (Lipinski definition) is 4. The average Bonchev–Trinajstić information content (AvgIpc) is 2.01. The molecule has 0 aliphatic heterocycles. The monoisotopic (exact) mass is 288 g/mol. The molecule has 0 aromatic rings. The summed E-state index contributed by atoms with van der Waals surface area (Å²) in [6.07, 6.45) is 1.56. The van der Waals surface area contributed by atoms with Gasteiger partial charge in [0.25, 0.3) is 0 Å². The molecule has 2 N–H and O–H groups in total. The van der Waals surface area contributed by atoms with E-state index in [1.807, 2.05) is 0 Å². The van der Waals surface area contributed by atoms with Crippen molar-refractivity contribution in [3.8, 4) is 0 Å². The van der Waals surface area contributed by atoms with Crippen molar-refractivity contribution in [3.05, 3.63) is 0 Å². The van der Waals surface area contributed by atoms with Crippen molar-refractivity contribution in [3.63, 3.8) is 0 Å². The van der Waals surface area contributed by atoms with E-state index in [9.17, 15) is 19.8 Å². The van der Waals surface area contributed by atoms with Gasteiger partial charge in [-0.3, -0.25) is 9.59 Å². The van der Waals surface area contributed by atoms with Crippen molar-refractivity contribution in [2.45, 2.75) is 37.2 Å². The maximum atomic E-state index is 11.3. The zero-order chi connectivity index (χ0) is 13.6. The third-order valence-corrected chi connectivity index (χ3v) is 15.5. The minimum Gasteiger partial charge on any atom is -0.480 e. The third-order valence-electron chi connectivity index (χ3n) is 3.72. The van der Waals surface area contributed by atoms with Crippen LogP contribution in [0, 0.1) is 0 Å². The molecule has 0 aromatic carbocycles. The number of rotatable bonds is 4. The molecule has 7 heteroatoms. The van der Waals surface area contributed by atoms with Gasteiger partial charge in [0.2, 0.25) is 0 Å². The molecule has 0 aromatic heterocycles. The highest BCUT2D eigenvalue weighted by Crippen LogP contribution is 2.89. The number of carboxylic acids is 2. The highest BCUT2D eigenvalue weighted by molar-refractivity contribution is 9.27. The molecule has 0 saturated heterocycles. The van der Waals surface area contributed by atoms with Crippen LogP contribution in [0.15, 0.2) is 0 Å². The summed E-state index contributed by atoms with van der Waals surface area (Å²) in [7, 11) is -3.58. The molecule has 0 fully saturated rings. The molecule has 0 heterocycles. The average molecular weight is 288 g/mol. The molecule has 4 nitrogen and oxygen atoms in total. The van der Waals surface area contributed by atoms with Gasteiger partial charge in [0.15, 0.2) is 0 Å². The summed E-state index contributed by atoms with van der Waals surface area (Å²) in [4.78, 5) is 22.6. The van der Waals surface area contributed by atoms with Gasteiger partial charge >= 0.3 is 11.9 Å². The van der Waals surface area contributed by atoms with Gasteiger partial charge in [-0.25, -0.2) is 0 Å². The highest BCUT2D eigenvalue weighted by Gasteiger charge is 2.61. The van der Waals surface area contributed by atoms with E-state index in [0.717, 1.165) is 0 Å². The second kappa shape index (κ2) is 3.74. The number of carbonyl (C=O) groups is 2. The fourth-order valence-electron chi connectivity index (χ4n) is 1.16. The molecule has 0 amide bonds. The van der Waals surface area contributed by atoms with E-state index in [-0.39, 0.29) is 0 Å². The van der Waals surface area contributed by atoms with Crippen molar-refractivity contribution in [1.29, 1.82) is 0 Å². The Morgan fingerprint density at radius 3 is 1.25 bits per heavy atom. The summed E-state index contributed by atoms with van der Waals surface area (Å²) < 4.78 is -2.61. The Hall–Kier alpha value is -0.0100. The lowest BCUT2D eigenvalue weighted by molar-refractivity contribution is -0.139. The van der Waals surface area contributed by atoms with Crippen LogP contribution in [0.25, 0.3) is 0 Å². The van der Waals surface area contributed by atoms with E-state index < -0.39 is 28.7 Å². The highest BCUT2D eigenvalue weighted by atomic mass is 33.6. The van der Waals surface area contributed by atoms with Crippen molar-refractivity contribution in [2.24, 2.45) is 0 Å². The Balaban J connectivity index is 5.98. The summed E-state index contributed by atoms with van der Waals surface area (Å²) >= 11 is 8.83. The van der Waals surface area contributed by atoms with Crippen LogP contribution in [0.5, 0.6) is 0 Å². The lowest BCUT2D eigenvalue weighted by Crippen LogP contribution is -2.53. The SMILES string of the molecule is CC(C)(C(=O)O)[SH](C)(S)(S)C(C)(C)C(=O)O. The normalized spacial score (nSPS) is 16.3. The predicted molar refractivity (Wildman–Crippen MR) is 76.3 cm³/mol. The van der Waals surface area contributed by atoms with E-state index in [1.54, 1.807) is 6.26 Å². The minimum atomic E-state index is -3.58. The van der Waals surface area contributed by atoms with Crippen LogP contribution >= 0.6 is 30.5 Å². The lowest BCUT2D eigenvalue weighted by atomic mass is 10.2. The zero-order valence-corrected chi connectivity index (χ0v) is 12.7. The van der Waals surface area contributed by atoms with Gasteiger partial charge in [0, 0.05) is 0 Å². The molecule has 0 rings (SSSR count). The van der Waals surface area contributed by atoms with E-state index in [4.69, 9.17) is 0 Å². The Morgan fingerprint density at radius 1 is 0.938 bits per heavy atom. The van der Waals surface area contributed by atoms with Gasteiger partial charge in [-0.2, -0.15) is 7.23 Å². The van der Waals surface area contributed by atoms with Gasteiger partial charge in [-0.1, -0.05) is 0 Å². The number of hydrogen-bond donors (Lipinski definition) is 5. The van der Waals surface area contributed by atoms with Crippen molar-refractivity contribution < 1.29 is 19.8 Å². The van der Waals surface area contributed by atoms with Crippen LogP contribution in [-0.4, -0.2) is 37.9 Å². The molecular formula is C9H20O4S3. The Morgan fingerprint density at radius 2 is 1.12 bits per heavy atom. The molecule has 0 aliphatic carbocycles. The van der Waals surface area contributed by atoms with E-state index in [0.29, 0.717) is 0 Å². The summed E-state index contributed by atoms with van der Waals surface area (Å²) in [5.74, 6) is -2.18. The molecule has 16 heavy (non-hydrogen) atoms. The number of thiol groups is 3. The minimum absolute atomic E-state index is 1.09. The molecule has 0 spiro atoms. The van der Waals surface area contributed by atoms with Crippen LogP contribution in [0.1, 0.15) is 27.7 Å². The largest absolute Gasteiger partial charge is 0.480 e. The van der Waals surface area contributed by atoms with Crippen molar-refractivity contribution >= 4 is 42.5 Å². The summed E-state index contributed by atoms with van der Waals surface area (Å²) in [6, 6.07) is 0. The maximum Gasteiger partial charge on any atom is 0.317 e.